The van der Waals surface area contributed by atoms with Crippen LogP contribution in [0.3, 0.4) is 0 Å². The number of nitriles is 1. The Morgan fingerprint density at radius 3 is 2.88 bits per heavy atom. The molecule has 3 heteroatoms. The fourth-order valence-electron chi connectivity index (χ4n) is 2.22. The first-order valence-corrected chi connectivity index (χ1v) is 7.38. The summed E-state index contributed by atoms with van der Waals surface area (Å²) >= 11 is 2.07. The molecule has 0 aromatic carbocycles. The van der Waals surface area contributed by atoms with Gasteiger partial charge in [-0.15, -0.1) is 0 Å². The fraction of sp³-hybridized carbons (Fsp3) is 0.923. The minimum atomic E-state index is -0.242. The molecule has 2 nitrogen and oxygen atoms in total. The van der Waals surface area contributed by atoms with Gasteiger partial charge in [-0.3, -0.25) is 0 Å². The number of nitrogens with zero attached hydrogens (tertiary/aromatic N) is 1. The highest BCUT2D eigenvalue weighted by molar-refractivity contribution is 7.99. The van der Waals surface area contributed by atoms with Gasteiger partial charge < -0.3 is 5.32 Å². The van der Waals surface area contributed by atoms with E-state index >= 15 is 0 Å². The van der Waals surface area contributed by atoms with Crippen molar-refractivity contribution in [3.63, 3.8) is 0 Å². The molecule has 16 heavy (non-hydrogen) atoms. The van der Waals surface area contributed by atoms with Crippen molar-refractivity contribution in [3.05, 3.63) is 0 Å². The normalized spacial score (nSPS) is 30.3. The highest BCUT2D eigenvalue weighted by Gasteiger charge is 2.35. The molecule has 0 heterocycles. The Labute approximate surface area is 104 Å². The summed E-state index contributed by atoms with van der Waals surface area (Å²) in [5.74, 6) is 2.04. The molecule has 0 aromatic rings. The van der Waals surface area contributed by atoms with Crippen LogP contribution in [0.1, 0.15) is 46.0 Å². The van der Waals surface area contributed by atoms with Crippen molar-refractivity contribution in [3.8, 4) is 6.07 Å². The molecule has 1 aliphatic rings. The molecular formula is C13H24N2S. The molecule has 1 aliphatic carbocycles. The zero-order valence-corrected chi connectivity index (χ0v) is 11.6. The molecule has 2 atom stereocenters. The Balaban J connectivity index is 2.36. The van der Waals surface area contributed by atoms with Gasteiger partial charge in [0.05, 0.1) is 6.07 Å². The van der Waals surface area contributed by atoms with Crippen LogP contribution >= 0.6 is 11.8 Å². The molecule has 0 spiro atoms. The van der Waals surface area contributed by atoms with E-state index < -0.39 is 0 Å². The van der Waals surface area contributed by atoms with Crippen molar-refractivity contribution < 1.29 is 0 Å². The van der Waals surface area contributed by atoms with E-state index in [1.165, 1.54) is 25.0 Å². The summed E-state index contributed by atoms with van der Waals surface area (Å²) in [6.45, 7) is 4.54. The van der Waals surface area contributed by atoms with E-state index in [9.17, 15) is 5.26 Å². The van der Waals surface area contributed by atoms with Gasteiger partial charge in [0.15, 0.2) is 0 Å². The Hall–Kier alpha value is -0.200. The van der Waals surface area contributed by atoms with E-state index in [4.69, 9.17) is 0 Å². The molecule has 0 aliphatic heterocycles. The van der Waals surface area contributed by atoms with Gasteiger partial charge in [0.2, 0.25) is 0 Å². The number of nitrogens with one attached hydrogen (secondary N) is 1. The molecule has 1 saturated carbocycles. The van der Waals surface area contributed by atoms with E-state index in [-0.39, 0.29) is 5.54 Å². The second-order valence-corrected chi connectivity index (χ2v) is 6.62. The van der Waals surface area contributed by atoms with Gasteiger partial charge in [-0.1, -0.05) is 13.8 Å². The van der Waals surface area contributed by atoms with Crippen LogP contribution in [-0.2, 0) is 0 Å². The summed E-state index contributed by atoms with van der Waals surface area (Å²) < 4.78 is 0. The van der Waals surface area contributed by atoms with E-state index in [2.05, 4.69) is 37.0 Å². The highest BCUT2D eigenvalue weighted by Crippen LogP contribution is 2.35. The van der Waals surface area contributed by atoms with Gasteiger partial charge in [-0.2, -0.15) is 17.0 Å². The summed E-state index contributed by atoms with van der Waals surface area (Å²) in [4.78, 5) is 0. The fourth-order valence-corrected chi connectivity index (χ4v) is 3.90. The van der Waals surface area contributed by atoms with Crippen molar-refractivity contribution in [1.29, 1.82) is 5.26 Å². The molecule has 1 fully saturated rings. The zero-order chi connectivity index (χ0) is 12.0. The van der Waals surface area contributed by atoms with E-state index in [0.717, 1.165) is 18.8 Å². The average molecular weight is 240 g/mol. The first kappa shape index (κ1) is 13.9. The van der Waals surface area contributed by atoms with Gasteiger partial charge in [-0.25, -0.2) is 0 Å². The lowest BCUT2D eigenvalue weighted by Gasteiger charge is -2.35. The van der Waals surface area contributed by atoms with Crippen LogP contribution in [0.2, 0.25) is 0 Å². The van der Waals surface area contributed by atoms with Gasteiger partial charge in [-0.05, 0) is 50.8 Å². The molecule has 0 radical (unpaired) electrons. The largest absolute Gasteiger partial charge is 0.302 e. The first-order valence-electron chi connectivity index (χ1n) is 6.33. The van der Waals surface area contributed by atoms with Crippen LogP contribution < -0.4 is 5.32 Å². The maximum atomic E-state index is 9.25. The number of hydrogen-bond acceptors (Lipinski definition) is 3. The lowest BCUT2D eigenvalue weighted by atomic mass is 9.83. The standard InChI is InChI=1S/C13H24N2S/c1-11(2)6-8-16-12-5-4-7-13(9-12,10-14)15-3/h11-12,15H,4-9H2,1-3H3. The topological polar surface area (TPSA) is 35.8 Å². The summed E-state index contributed by atoms with van der Waals surface area (Å²) in [6, 6.07) is 2.47. The number of hydrogen-bond donors (Lipinski definition) is 1. The third kappa shape index (κ3) is 3.99. The third-order valence-corrected chi connectivity index (χ3v) is 4.79. The van der Waals surface area contributed by atoms with Gasteiger partial charge in [0, 0.05) is 5.25 Å². The molecule has 0 amide bonds. The molecule has 0 bridgehead atoms. The van der Waals surface area contributed by atoms with Crippen molar-refractivity contribution in [2.45, 2.75) is 56.7 Å². The van der Waals surface area contributed by atoms with Crippen LogP contribution in [0.5, 0.6) is 0 Å². The summed E-state index contributed by atoms with van der Waals surface area (Å²) in [7, 11) is 1.92. The Bertz CT molecular complexity index is 247. The molecular weight excluding hydrogens is 216 g/mol. The predicted octanol–water partition coefficient (Wildman–Crippen LogP) is 3.19. The predicted molar refractivity (Wildman–Crippen MR) is 71.6 cm³/mol. The molecule has 92 valence electrons. The zero-order valence-electron chi connectivity index (χ0n) is 10.8. The van der Waals surface area contributed by atoms with Crippen LogP contribution in [0.4, 0.5) is 0 Å². The second kappa shape index (κ2) is 6.51. The van der Waals surface area contributed by atoms with Crippen molar-refractivity contribution in [2.75, 3.05) is 12.8 Å². The lowest BCUT2D eigenvalue weighted by molar-refractivity contribution is 0.323. The van der Waals surface area contributed by atoms with Crippen molar-refractivity contribution in [1.82, 2.24) is 5.32 Å². The van der Waals surface area contributed by atoms with E-state index in [0.29, 0.717) is 5.25 Å². The SMILES string of the molecule is CNC1(C#N)CCCC(SCCC(C)C)C1. The Morgan fingerprint density at radius 1 is 1.56 bits per heavy atom. The summed E-state index contributed by atoms with van der Waals surface area (Å²) in [5, 5.41) is 13.2. The lowest BCUT2D eigenvalue weighted by Crippen LogP contribution is -2.46. The average Bonchev–Trinajstić information content (AvgIpc) is 2.29. The second-order valence-electron chi connectivity index (χ2n) is 5.22. The van der Waals surface area contributed by atoms with E-state index in [1.54, 1.807) is 0 Å². The summed E-state index contributed by atoms with van der Waals surface area (Å²) in [5.41, 5.74) is -0.242. The minimum Gasteiger partial charge on any atom is -0.302 e. The minimum absolute atomic E-state index is 0.242. The van der Waals surface area contributed by atoms with Gasteiger partial charge >= 0.3 is 0 Å². The molecule has 0 saturated heterocycles. The summed E-state index contributed by atoms with van der Waals surface area (Å²) in [6.07, 6.45) is 5.80. The maximum Gasteiger partial charge on any atom is 0.107 e. The Kier molecular flexibility index (Phi) is 5.64. The van der Waals surface area contributed by atoms with Crippen molar-refractivity contribution >= 4 is 11.8 Å². The third-order valence-electron chi connectivity index (χ3n) is 3.45. The van der Waals surface area contributed by atoms with Crippen LogP contribution in [0, 0.1) is 17.2 Å². The number of thioether (sulfide) groups is 1. The Morgan fingerprint density at radius 2 is 2.31 bits per heavy atom. The first-order chi connectivity index (χ1) is 7.62. The smallest absolute Gasteiger partial charge is 0.107 e. The van der Waals surface area contributed by atoms with Gasteiger partial charge in [0.1, 0.15) is 5.54 Å². The molecule has 1 rings (SSSR count). The van der Waals surface area contributed by atoms with Crippen LogP contribution in [-0.4, -0.2) is 23.6 Å². The monoisotopic (exact) mass is 240 g/mol. The quantitative estimate of drug-likeness (QED) is 0.801. The molecule has 0 aromatic heterocycles. The van der Waals surface area contributed by atoms with E-state index in [1.807, 2.05) is 7.05 Å². The number of rotatable bonds is 5. The van der Waals surface area contributed by atoms with Gasteiger partial charge in [0.25, 0.3) is 0 Å². The molecule has 2 unspecified atom stereocenters. The molecule has 1 N–H and O–H groups in total. The van der Waals surface area contributed by atoms with Crippen LogP contribution in [0.15, 0.2) is 0 Å². The highest BCUT2D eigenvalue weighted by atomic mass is 32.2. The van der Waals surface area contributed by atoms with Crippen molar-refractivity contribution in [2.24, 2.45) is 5.92 Å². The maximum absolute atomic E-state index is 9.25. The van der Waals surface area contributed by atoms with Crippen LogP contribution in [0.25, 0.3) is 0 Å².